The van der Waals surface area contributed by atoms with Crippen LogP contribution < -0.4 is 15.8 Å². The van der Waals surface area contributed by atoms with E-state index in [1.807, 2.05) is 30.3 Å². The highest BCUT2D eigenvalue weighted by molar-refractivity contribution is 5.80. The third kappa shape index (κ3) is 5.17. The van der Waals surface area contributed by atoms with Crippen LogP contribution in [0.15, 0.2) is 82.7 Å². The maximum Gasteiger partial charge on any atom is 0.250 e. The number of para-hydroxylation sites is 1. The average molecular weight is 434 g/mol. The zero-order valence-corrected chi connectivity index (χ0v) is 18.2. The lowest BCUT2D eigenvalue weighted by Crippen LogP contribution is -2.52. The van der Waals surface area contributed by atoms with Crippen LogP contribution in [-0.2, 0) is 13.1 Å². The smallest absolute Gasteiger partial charge is 0.250 e. The fourth-order valence-corrected chi connectivity index (χ4v) is 3.93. The number of halogens is 1. The summed E-state index contributed by atoms with van der Waals surface area (Å²) in [6.07, 6.45) is 1.80. The molecule has 4 rings (SSSR count). The Morgan fingerprint density at radius 1 is 0.938 bits per heavy atom. The van der Waals surface area contributed by atoms with Crippen molar-refractivity contribution < 1.29 is 4.39 Å². The molecule has 3 aromatic rings. The average Bonchev–Trinajstić information content (AvgIpc) is 2.83. The predicted molar refractivity (Wildman–Crippen MR) is 127 cm³/mol. The number of aliphatic imine (C=N–C) groups is 1. The first-order chi connectivity index (χ1) is 15.6. The van der Waals surface area contributed by atoms with Gasteiger partial charge < -0.3 is 19.7 Å². The van der Waals surface area contributed by atoms with Crippen LogP contribution in [0.25, 0.3) is 0 Å². The van der Waals surface area contributed by atoms with E-state index in [2.05, 4.69) is 32.2 Å². The van der Waals surface area contributed by atoms with Crippen LogP contribution >= 0.6 is 0 Å². The normalized spacial score (nSPS) is 14.5. The van der Waals surface area contributed by atoms with Crippen molar-refractivity contribution in [3.05, 3.63) is 100 Å². The van der Waals surface area contributed by atoms with Gasteiger partial charge in [0, 0.05) is 52.0 Å². The van der Waals surface area contributed by atoms with E-state index in [9.17, 15) is 9.18 Å². The number of anilines is 1. The summed E-state index contributed by atoms with van der Waals surface area (Å²) in [5, 5.41) is 3.43. The van der Waals surface area contributed by atoms with Crippen molar-refractivity contribution in [2.75, 3.05) is 38.1 Å². The Morgan fingerprint density at radius 2 is 1.62 bits per heavy atom. The number of rotatable bonds is 5. The molecule has 32 heavy (non-hydrogen) atoms. The van der Waals surface area contributed by atoms with Gasteiger partial charge >= 0.3 is 0 Å². The largest absolute Gasteiger partial charge is 0.366 e. The second kappa shape index (κ2) is 10.1. The lowest BCUT2D eigenvalue weighted by Gasteiger charge is -2.37. The van der Waals surface area contributed by atoms with Gasteiger partial charge in [-0.05, 0) is 29.3 Å². The molecule has 0 amide bonds. The molecule has 0 aliphatic carbocycles. The second-order valence-corrected chi connectivity index (χ2v) is 7.81. The van der Waals surface area contributed by atoms with Gasteiger partial charge in [-0.25, -0.2) is 4.39 Å². The summed E-state index contributed by atoms with van der Waals surface area (Å²) >= 11 is 0. The molecule has 0 saturated carbocycles. The van der Waals surface area contributed by atoms with E-state index >= 15 is 0 Å². The van der Waals surface area contributed by atoms with E-state index in [1.165, 1.54) is 6.07 Å². The van der Waals surface area contributed by atoms with E-state index < -0.39 is 0 Å². The molecular weight excluding hydrogens is 405 g/mol. The van der Waals surface area contributed by atoms with Gasteiger partial charge in [-0.1, -0.05) is 42.5 Å². The molecule has 0 bridgehead atoms. The minimum Gasteiger partial charge on any atom is -0.366 e. The fourth-order valence-electron chi connectivity index (χ4n) is 3.93. The summed E-state index contributed by atoms with van der Waals surface area (Å²) < 4.78 is 15.8. The Morgan fingerprint density at radius 3 is 2.31 bits per heavy atom. The molecule has 1 aromatic heterocycles. The molecule has 6 nitrogen and oxygen atoms in total. The van der Waals surface area contributed by atoms with Crippen molar-refractivity contribution in [1.29, 1.82) is 0 Å². The molecule has 7 heteroatoms. The highest BCUT2D eigenvalue weighted by Crippen LogP contribution is 2.20. The first-order valence-corrected chi connectivity index (χ1v) is 10.8. The summed E-state index contributed by atoms with van der Waals surface area (Å²) in [4.78, 5) is 20.6. The van der Waals surface area contributed by atoms with Crippen LogP contribution in [0.2, 0.25) is 0 Å². The Balaban J connectivity index is 1.30. The van der Waals surface area contributed by atoms with Gasteiger partial charge in [0.1, 0.15) is 5.82 Å². The zero-order valence-electron chi connectivity index (χ0n) is 18.2. The third-order valence-corrected chi connectivity index (χ3v) is 5.71. The van der Waals surface area contributed by atoms with Gasteiger partial charge in [-0.15, -0.1) is 0 Å². The molecule has 2 heterocycles. The van der Waals surface area contributed by atoms with E-state index in [-0.39, 0.29) is 11.4 Å². The number of nitrogens with one attached hydrogen (secondary N) is 1. The van der Waals surface area contributed by atoms with Crippen LogP contribution in [0, 0.1) is 5.82 Å². The number of hydrogen-bond donors (Lipinski definition) is 1. The molecule has 0 unspecified atom stereocenters. The number of benzene rings is 2. The van der Waals surface area contributed by atoms with Crippen LogP contribution in [0.4, 0.5) is 10.1 Å². The Kier molecular flexibility index (Phi) is 6.84. The number of guanidine groups is 1. The maximum absolute atomic E-state index is 14.1. The molecule has 0 radical (unpaired) electrons. The number of piperazine rings is 1. The van der Waals surface area contributed by atoms with E-state index in [0.717, 1.165) is 43.3 Å². The Hall–Kier alpha value is -3.61. The van der Waals surface area contributed by atoms with Crippen molar-refractivity contribution in [2.45, 2.75) is 13.1 Å². The molecule has 1 saturated heterocycles. The Labute approximate surface area is 187 Å². The van der Waals surface area contributed by atoms with Gasteiger partial charge in [0.25, 0.3) is 5.56 Å². The van der Waals surface area contributed by atoms with Crippen molar-refractivity contribution in [2.24, 2.45) is 4.99 Å². The summed E-state index contributed by atoms with van der Waals surface area (Å²) in [5.41, 5.74) is 2.88. The van der Waals surface area contributed by atoms with E-state index in [4.69, 9.17) is 0 Å². The highest BCUT2D eigenvalue weighted by Gasteiger charge is 2.21. The molecule has 166 valence electrons. The number of hydrogen-bond acceptors (Lipinski definition) is 3. The van der Waals surface area contributed by atoms with Crippen molar-refractivity contribution in [1.82, 2.24) is 14.8 Å². The molecule has 0 spiro atoms. The summed E-state index contributed by atoms with van der Waals surface area (Å²) in [6, 6.07) is 20.3. The molecule has 1 aliphatic rings. The minimum atomic E-state index is -0.177. The first kappa shape index (κ1) is 21.6. The van der Waals surface area contributed by atoms with Crippen LogP contribution in [0.1, 0.15) is 11.1 Å². The molecule has 1 aliphatic heterocycles. The topological polar surface area (TPSA) is 52.9 Å². The predicted octanol–water partition coefficient (Wildman–Crippen LogP) is 2.93. The van der Waals surface area contributed by atoms with E-state index in [0.29, 0.717) is 18.8 Å². The first-order valence-electron chi connectivity index (χ1n) is 10.8. The number of pyridine rings is 1. The van der Waals surface area contributed by atoms with Crippen LogP contribution in [-0.4, -0.2) is 48.7 Å². The molecule has 2 aromatic carbocycles. The van der Waals surface area contributed by atoms with Crippen molar-refractivity contribution in [3.63, 3.8) is 0 Å². The monoisotopic (exact) mass is 433 g/mol. The van der Waals surface area contributed by atoms with Crippen molar-refractivity contribution in [3.8, 4) is 0 Å². The van der Waals surface area contributed by atoms with Crippen molar-refractivity contribution >= 4 is 11.6 Å². The quantitative estimate of drug-likeness (QED) is 0.497. The Bertz CT molecular complexity index is 1120. The van der Waals surface area contributed by atoms with Crippen LogP contribution in [0.5, 0.6) is 0 Å². The molecule has 0 atom stereocenters. The number of nitrogens with zero attached hydrogens (tertiary/aromatic N) is 4. The molecular formula is C25H28FN5O. The van der Waals surface area contributed by atoms with Gasteiger partial charge in [-0.3, -0.25) is 9.79 Å². The van der Waals surface area contributed by atoms with Gasteiger partial charge in [0.05, 0.1) is 12.2 Å². The number of aromatic nitrogens is 1. The fraction of sp³-hybridized carbons (Fsp3) is 0.280. The summed E-state index contributed by atoms with van der Waals surface area (Å²) in [7, 11) is 1.78. The van der Waals surface area contributed by atoms with E-state index in [1.54, 1.807) is 36.0 Å². The highest BCUT2D eigenvalue weighted by atomic mass is 19.1. The minimum absolute atomic E-state index is 0.00265. The standard InChI is InChI=1S/C25H28FN5O/c1-27-25(30-16-14-29(15-17-30)23-7-3-2-6-22(23)26)28-18-20-9-11-21(12-10-20)19-31-13-5-4-8-24(31)32/h2-13H,14-19H2,1H3,(H,27,28). The maximum atomic E-state index is 14.1. The second-order valence-electron chi connectivity index (χ2n) is 7.81. The summed E-state index contributed by atoms with van der Waals surface area (Å²) in [5.74, 6) is 0.669. The third-order valence-electron chi connectivity index (χ3n) is 5.71. The van der Waals surface area contributed by atoms with Gasteiger partial charge in [0.15, 0.2) is 5.96 Å². The van der Waals surface area contributed by atoms with Gasteiger partial charge in [0.2, 0.25) is 0 Å². The lowest BCUT2D eigenvalue weighted by atomic mass is 10.1. The molecule has 1 N–H and O–H groups in total. The zero-order chi connectivity index (χ0) is 22.3. The molecule has 1 fully saturated rings. The SMILES string of the molecule is CN=C(NCc1ccc(Cn2ccccc2=O)cc1)N1CCN(c2ccccc2F)CC1. The van der Waals surface area contributed by atoms with Gasteiger partial charge in [-0.2, -0.15) is 0 Å². The lowest BCUT2D eigenvalue weighted by molar-refractivity contribution is 0.370. The van der Waals surface area contributed by atoms with Crippen LogP contribution in [0.3, 0.4) is 0 Å². The summed E-state index contributed by atoms with van der Waals surface area (Å²) in [6.45, 7) is 4.26.